The molecule has 0 atom stereocenters. The molecule has 0 radical (unpaired) electrons. The largest absolute Gasteiger partial charge is 0.507 e. The summed E-state index contributed by atoms with van der Waals surface area (Å²) in [5, 5.41) is 9.29. The van der Waals surface area contributed by atoms with E-state index < -0.39 is 0 Å². The minimum Gasteiger partial charge on any atom is -0.507 e. The third-order valence-corrected chi connectivity index (χ3v) is 3.36. The van der Waals surface area contributed by atoms with Crippen molar-refractivity contribution in [2.24, 2.45) is 0 Å². The number of phenolic OH excluding ortho intramolecular Hbond substituents is 1. The Labute approximate surface area is 82.0 Å². The van der Waals surface area contributed by atoms with Crippen LogP contribution >= 0.6 is 31.9 Å². The van der Waals surface area contributed by atoms with E-state index in [1.165, 1.54) is 0 Å². The predicted octanol–water partition coefficient (Wildman–Crippen LogP) is 3.56. The number of aromatic hydroxyl groups is 1. The van der Waals surface area contributed by atoms with Crippen molar-refractivity contribution >= 4 is 37.9 Å². The Morgan fingerprint density at radius 1 is 1.36 bits per heavy atom. The summed E-state index contributed by atoms with van der Waals surface area (Å²) in [4.78, 5) is 0. The van der Waals surface area contributed by atoms with Crippen molar-refractivity contribution < 1.29 is 5.11 Å². The van der Waals surface area contributed by atoms with E-state index in [-0.39, 0.29) is 5.75 Å². The summed E-state index contributed by atoms with van der Waals surface area (Å²) in [6.07, 6.45) is 1.60. The van der Waals surface area contributed by atoms with Crippen molar-refractivity contribution in [3.8, 4) is 5.75 Å². The highest BCUT2D eigenvalue weighted by molar-refractivity contribution is 9.13. The first-order valence-corrected chi connectivity index (χ1v) is 4.55. The minimum atomic E-state index is 0.232. The highest BCUT2D eigenvalue weighted by atomic mass is 79.9. The first kappa shape index (κ1) is 8.81. The summed E-state index contributed by atoms with van der Waals surface area (Å²) in [6.45, 7) is 3.58. The highest BCUT2D eigenvalue weighted by Gasteiger charge is 2.04. The second-order valence-corrected chi connectivity index (χ2v) is 3.65. The number of benzene rings is 1. The van der Waals surface area contributed by atoms with Gasteiger partial charge in [0.25, 0.3) is 0 Å². The fourth-order valence-electron chi connectivity index (χ4n) is 0.750. The Hall–Kier alpha value is -0.280. The lowest BCUT2D eigenvalue weighted by atomic mass is 10.2. The van der Waals surface area contributed by atoms with Crippen LogP contribution in [0.2, 0.25) is 0 Å². The van der Waals surface area contributed by atoms with Gasteiger partial charge in [0.2, 0.25) is 0 Å². The molecule has 0 saturated heterocycles. The third-order valence-electron chi connectivity index (χ3n) is 1.31. The van der Waals surface area contributed by atoms with Crippen LogP contribution in [0.5, 0.6) is 5.75 Å². The molecule has 1 aromatic rings. The Morgan fingerprint density at radius 2 is 2.00 bits per heavy atom. The summed E-state index contributed by atoms with van der Waals surface area (Å²) in [5.41, 5.74) is 0.708. The Balaban J connectivity index is 3.40. The molecule has 0 unspecified atom stereocenters. The van der Waals surface area contributed by atoms with Gasteiger partial charge in [0, 0.05) is 14.5 Å². The summed E-state index contributed by atoms with van der Waals surface area (Å²) in [7, 11) is 0. The molecule has 0 heterocycles. The van der Waals surface area contributed by atoms with Crippen molar-refractivity contribution in [1.82, 2.24) is 0 Å². The van der Waals surface area contributed by atoms with Gasteiger partial charge in [-0.25, -0.2) is 0 Å². The molecule has 0 aliphatic heterocycles. The first-order valence-electron chi connectivity index (χ1n) is 2.96. The number of hydrogen-bond donors (Lipinski definition) is 1. The first-order chi connectivity index (χ1) is 5.16. The molecule has 3 heteroatoms. The molecule has 0 saturated carbocycles. The van der Waals surface area contributed by atoms with Gasteiger partial charge in [0.1, 0.15) is 5.75 Å². The van der Waals surface area contributed by atoms with Crippen LogP contribution in [-0.4, -0.2) is 5.11 Å². The second kappa shape index (κ2) is 3.41. The lowest BCUT2D eigenvalue weighted by Crippen LogP contribution is -1.78. The molecule has 11 heavy (non-hydrogen) atoms. The van der Waals surface area contributed by atoms with Gasteiger partial charge >= 0.3 is 0 Å². The van der Waals surface area contributed by atoms with E-state index in [1.807, 2.05) is 0 Å². The van der Waals surface area contributed by atoms with Gasteiger partial charge in [-0.05, 0) is 44.0 Å². The van der Waals surface area contributed by atoms with E-state index in [4.69, 9.17) is 0 Å². The maximum absolute atomic E-state index is 9.29. The molecule has 1 aromatic carbocycles. The van der Waals surface area contributed by atoms with Gasteiger partial charge in [0.05, 0.1) is 0 Å². The van der Waals surface area contributed by atoms with Crippen LogP contribution in [-0.2, 0) is 0 Å². The summed E-state index contributed by atoms with van der Waals surface area (Å²) >= 11 is 6.63. The summed E-state index contributed by atoms with van der Waals surface area (Å²) in [5.74, 6) is 0.232. The fourth-order valence-corrected chi connectivity index (χ4v) is 1.59. The molecular formula is C8H6Br2O. The molecule has 0 bridgehead atoms. The van der Waals surface area contributed by atoms with Crippen LogP contribution in [0, 0.1) is 0 Å². The number of hydrogen-bond acceptors (Lipinski definition) is 1. The summed E-state index contributed by atoms with van der Waals surface area (Å²) < 4.78 is 1.73. The maximum Gasteiger partial charge on any atom is 0.123 e. The normalized spacial score (nSPS) is 9.64. The van der Waals surface area contributed by atoms with E-state index in [0.717, 1.165) is 8.95 Å². The molecule has 0 aliphatic rings. The molecule has 58 valence electrons. The Morgan fingerprint density at radius 3 is 2.45 bits per heavy atom. The van der Waals surface area contributed by atoms with E-state index in [0.29, 0.717) is 5.56 Å². The monoisotopic (exact) mass is 276 g/mol. The van der Waals surface area contributed by atoms with Crippen LogP contribution in [0.1, 0.15) is 5.56 Å². The average molecular weight is 278 g/mol. The topological polar surface area (TPSA) is 20.2 Å². The average Bonchev–Trinajstić information content (AvgIpc) is 1.99. The standard InChI is InChI=1S/C8H6Br2O/c1-2-5-7(11)4-3-6(9)8(5)10/h2-4,11H,1H2. The van der Waals surface area contributed by atoms with Gasteiger partial charge in [-0.15, -0.1) is 0 Å². The van der Waals surface area contributed by atoms with Crippen LogP contribution in [0.15, 0.2) is 27.7 Å². The number of halogens is 2. The second-order valence-electron chi connectivity index (χ2n) is 2.00. The van der Waals surface area contributed by atoms with E-state index in [2.05, 4.69) is 38.4 Å². The van der Waals surface area contributed by atoms with Gasteiger partial charge in [0.15, 0.2) is 0 Å². The van der Waals surface area contributed by atoms with Crippen molar-refractivity contribution in [2.45, 2.75) is 0 Å². The molecular weight excluding hydrogens is 272 g/mol. The molecule has 0 amide bonds. The van der Waals surface area contributed by atoms with Crippen molar-refractivity contribution in [1.29, 1.82) is 0 Å². The van der Waals surface area contributed by atoms with Crippen molar-refractivity contribution in [2.75, 3.05) is 0 Å². The van der Waals surface area contributed by atoms with Crippen molar-refractivity contribution in [3.05, 3.63) is 33.2 Å². The highest BCUT2D eigenvalue weighted by Crippen LogP contribution is 2.33. The summed E-state index contributed by atoms with van der Waals surface area (Å²) in [6, 6.07) is 3.39. The van der Waals surface area contributed by atoms with Crippen LogP contribution < -0.4 is 0 Å². The molecule has 0 aliphatic carbocycles. The lowest BCUT2D eigenvalue weighted by molar-refractivity contribution is 0.473. The van der Waals surface area contributed by atoms with Gasteiger partial charge in [-0.1, -0.05) is 12.7 Å². The molecule has 0 aromatic heterocycles. The molecule has 0 spiro atoms. The van der Waals surface area contributed by atoms with Gasteiger partial charge < -0.3 is 5.11 Å². The fraction of sp³-hybridized carbons (Fsp3) is 0. The van der Waals surface area contributed by atoms with Crippen LogP contribution in [0.25, 0.3) is 6.08 Å². The van der Waals surface area contributed by atoms with E-state index in [1.54, 1.807) is 18.2 Å². The lowest BCUT2D eigenvalue weighted by Gasteiger charge is -2.02. The van der Waals surface area contributed by atoms with E-state index >= 15 is 0 Å². The van der Waals surface area contributed by atoms with Crippen LogP contribution in [0.3, 0.4) is 0 Å². The van der Waals surface area contributed by atoms with Crippen LogP contribution in [0.4, 0.5) is 0 Å². The SMILES string of the molecule is C=Cc1c(O)ccc(Br)c1Br. The molecule has 1 rings (SSSR count). The van der Waals surface area contributed by atoms with Gasteiger partial charge in [-0.2, -0.15) is 0 Å². The zero-order valence-corrected chi connectivity index (χ0v) is 8.81. The number of phenols is 1. The quantitative estimate of drug-likeness (QED) is 0.832. The number of rotatable bonds is 1. The van der Waals surface area contributed by atoms with Gasteiger partial charge in [-0.3, -0.25) is 0 Å². The molecule has 1 nitrogen and oxygen atoms in total. The Kier molecular flexibility index (Phi) is 2.73. The smallest absolute Gasteiger partial charge is 0.123 e. The molecule has 0 fully saturated rings. The minimum absolute atomic E-state index is 0.232. The maximum atomic E-state index is 9.29. The zero-order valence-electron chi connectivity index (χ0n) is 5.64. The Bertz CT molecular complexity index is 294. The van der Waals surface area contributed by atoms with E-state index in [9.17, 15) is 5.11 Å². The van der Waals surface area contributed by atoms with Crippen molar-refractivity contribution in [3.63, 3.8) is 0 Å². The zero-order chi connectivity index (χ0) is 8.43. The predicted molar refractivity (Wildman–Crippen MR) is 53.6 cm³/mol. The molecule has 1 N–H and O–H groups in total. The third kappa shape index (κ3) is 1.65.